The lowest BCUT2D eigenvalue weighted by atomic mass is 10.1. The van der Waals surface area contributed by atoms with Crippen molar-refractivity contribution < 1.29 is 4.79 Å². The van der Waals surface area contributed by atoms with Crippen LogP contribution in [0.3, 0.4) is 0 Å². The second kappa shape index (κ2) is 7.22. The van der Waals surface area contributed by atoms with Crippen molar-refractivity contribution in [3.8, 4) is 0 Å². The lowest BCUT2D eigenvalue weighted by Crippen LogP contribution is -2.34. The molecule has 0 saturated heterocycles. The molecule has 0 spiro atoms. The minimum atomic E-state index is -0.0620. The van der Waals surface area contributed by atoms with Gasteiger partial charge in [0.15, 0.2) is 0 Å². The minimum Gasteiger partial charge on any atom is -0.352 e. The van der Waals surface area contributed by atoms with Crippen LogP contribution >= 0.6 is 0 Å². The largest absolute Gasteiger partial charge is 0.352 e. The normalized spacial score (nSPS) is 16.8. The molecule has 20 heavy (non-hydrogen) atoms. The van der Waals surface area contributed by atoms with E-state index in [4.69, 9.17) is 0 Å². The summed E-state index contributed by atoms with van der Waals surface area (Å²) in [4.78, 5) is 20.5. The van der Waals surface area contributed by atoms with E-state index < -0.39 is 0 Å². The van der Waals surface area contributed by atoms with Crippen LogP contribution in [0, 0.1) is 0 Å². The van der Waals surface area contributed by atoms with Gasteiger partial charge in [0.2, 0.25) is 5.95 Å². The zero-order valence-corrected chi connectivity index (χ0v) is 12.4. The van der Waals surface area contributed by atoms with Crippen LogP contribution in [0.5, 0.6) is 0 Å². The van der Waals surface area contributed by atoms with Crippen LogP contribution in [0.15, 0.2) is 12.4 Å². The third-order valence-corrected chi connectivity index (χ3v) is 3.52. The molecule has 5 heteroatoms. The van der Waals surface area contributed by atoms with E-state index in [0.29, 0.717) is 17.6 Å². The molecule has 0 bridgehead atoms. The Balaban J connectivity index is 1.91. The van der Waals surface area contributed by atoms with E-state index in [0.717, 1.165) is 12.8 Å². The first-order valence-electron chi connectivity index (χ1n) is 7.54. The summed E-state index contributed by atoms with van der Waals surface area (Å²) in [6, 6.07) is 0.583. The van der Waals surface area contributed by atoms with Crippen LogP contribution in [0.4, 0.5) is 5.95 Å². The number of hydrogen-bond donors (Lipinski definition) is 2. The number of amides is 1. The number of anilines is 1. The zero-order valence-electron chi connectivity index (χ0n) is 12.4. The number of rotatable bonds is 4. The Bertz CT molecular complexity index is 422. The van der Waals surface area contributed by atoms with Gasteiger partial charge in [-0.1, -0.05) is 25.7 Å². The van der Waals surface area contributed by atoms with Gasteiger partial charge in [-0.05, 0) is 26.7 Å². The van der Waals surface area contributed by atoms with E-state index in [-0.39, 0.29) is 11.9 Å². The number of carbonyl (C=O) groups is 1. The van der Waals surface area contributed by atoms with E-state index in [1.807, 2.05) is 13.8 Å². The summed E-state index contributed by atoms with van der Waals surface area (Å²) in [7, 11) is 0. The van der Waals surface area contributed by atoms with E-state index in [1.54, 1.807) is 12.4 Å². The molecule has 0 radical (unpaired) electrons. The average Bonchev–Trinajstić information content (AvgIpc) is 2.67. The van der Waals surface area contributed by atoms with Crippen LogP contribution in [0.2, 0.25) is 0 Å². The highest BCUT2D eigenvalue weighted by molar-refractivity contribution is 5.93. The van der Waals surface area contributed by atoms with Crippen molar-refractivity contribution in [1.82, 2.24) is 15.3 Å². The summed E-state index contributed by atoms with van der Waals surface area (Å²) in [5.41, 5.74) is 0.531. The summed E-state index contributed by atoms with van der Waals surface area (Å²) in [6.45, 7) is 4.05. The van der Waals surface area contributed by atoms with Crippen LogP contribution in [-0.4, -0.2) is 28.0 Å². The van der Waals surface area contributed by atoms with Gasteiger partial charge in [0, 0.05) is 24.5 Å². The number of hydrogen-bond acceptors (Lipinski definition) is 4. The molecule has 1 amide bonds. The molecule has 0 aliphatic heterocycles. The van der Waals surface area contributed by atoms with E-state index in [1.165, 1.54) is 25.7 Å². The second-order valence-electron chi connectivity index (χ2n) is 5.76. The molecule has 1 saturated carbocycles. The molecule has 0 unspecified atom stereocenters. The van der Waals surface area contributed by atoms with Gasteiger partial charge in [-0.15, -0.1) is 0 Å². The van der Waals surface area contributed by atoms with Crippen LogP contribution in [0.25, 0.3) is 0 Å². The Labute approximate surface area is 120 Å². The Kier molecular flexibility index (Phi) is 5.32. The Morgan fingerprint density at radius 3 is 2.30 bits per heavy atom. The van der Waals surface area contributed by atoms with Crippen molar-refractivity contribution >= 4 is 11.9 Å². The van der Waals surface area contributed by atoms with E-state index in [2.05, 4.69) is 20.6 Å². The first-order valence-corrected chi connectivity index (χ1v) is 7.54. The van der Waals surface area contributed by atoms with Crippen molar-refractivity contribution in [3.63, 3.8) is 0 Å². The molecular weight excluding hydrogens is 252 g/mol. The van der Waals surface area contributed by atoms with Gasteiger partial charge < -0.3 is 10.6 Å². The first-order chi connectivity index (χ1) is 9.65. The van der Waals surface area contributed by atoms with E-state index in [9.17, 15) is 4.79 Å². The fraction of sp³-hybridized carbons (Fsp3) is 0.667. The smallest absolute Gasteiger partial charge is 0.254 e. The highest BCUT2D eigenvalue weighted by Gasteiger charge is 2.16. The molecular formula is C15H24N4O. The lowest BCUT2D eigenvalue weighted by molar-refractivity contribution is 0.0932. The SMILES string of the molecule is CC(C)Nc1ncc(C(=O)NC2CCCCCC2)cn1. The standard InChI is InChI=1S/C15H24N4O/c1-11(2)18-15-16-9-12(10-17-15)14(20)19-13-7-5-3-4-6-8-13/h9-11,13H,3-8H2,1-2H3,(H,19,20)(H,16,17,18). The highest BCUT2D eigenvalue weighted by atomic mass is 16.1. The Hall–Kier alpha value is -1.65. The predicted octanol–water partition coefficient (Wildman–Crippen LogP) is 2.75. The van der Waals surface area contributed by atoms with Crippen molar-refractivity contribution in [1.29, 1.82) is 0 Å². The zero-order chi connectivity index (χ0) is 14.4. The maximum Gasteiger partial charge on any atom is 0.254 e. The van der Waals surface area contributed by atoms with Gasteiger partial charge in [-0.3, -0.25) is 4.79 Å². The molecule has 1 aromatic heterocycles. The molecule has 2 N–H and O–H groups in total. The van der Waals surface area contributed by atoms with Gasteiger partial charge in [-0.2, -0.15) is 0 Å². The predicted molar refractivity (Wildman–Crippen MR) is 79.7 cm³/mol. The summed E-state index contributed by atoms with van der Waals surface area (Å²) >= 11 is 0. The molecule has 0 aromatic carbocycles. The van der Waals surface area contributed by atoms with Gasteiger partial charge in [0.1, 0.15) is 0 Å². The number of nitrogens with zero attached hydrogens (tertiary/aromatic N) is 2. The van der Waals surface area contributed by atoms with Crippen LogP contribution < -0.4 is 10.6 Å². The van der Waals surface area contributed by atoms with Gasteiger partial charge in [0.25, 0.3) is 5.91 Å². The van der Waals surface area contributed by atoms with Gasteiger partial charge in [0.05, 0.1) is 5.56 Å². The van der Waals surface area contributed by atoms with E-state index >= 15 is 0 Å². The summed E-state index contributed by atoms with van der Waals surface area (Å²) in [5.74, 6) is 0.499. The number of nitrogens with one attached hydrogen (secondary N) is 2. The molecule has 1 aliphatic carbocycles. The van der Waals surface area contributed by atoms with Crippen molar-refractivity contribution in [2.24, 2.45) is 0 Å². The molecule has 5 nitrogen and oxygen atoms in total. The van der Waals surface area contributed by atoms with Crippen LogP contribution in [-0.2, 0) is 0 Å². The molecule has 1 aliphatic rings. The number of carbonyl (C=O) groups excluding carboxylic acids is 1. The topological polar surface area (TPSA) is 66.9 Å². The van der Waals surface area contributed by atoms with Gasteiger partial charge >= 0.3 is 0 Å². The molecule has 0 atom stereocenters. The third-order valence-electron chi connectivity index (χ3n) is 3.52. The van der Waals surface area contributed by atoms with Crippen LogP contribution in [0.1, 0.15) is 62.7 Å². The van der Waals surface area contributed by atoms with Crippen molar-refractivity contribution in [2.75, 3.05) is 5.32 Å². The van der Waals surface area contributed by atoms with Crippen molar-refractivity contribution in [3.05, 3.63) is 18.0 Å². The fourth-order valence-corrected chi connectivity index (χ4v) is 2.47. The second-order valence-corrected chi connectivity index (χ2v) is 5.76. The van der Waals surface area contributed by atoms with Crippen molar-refractivity contribution in [2.45, 2.75) is 64.5 Å². The quantitative estimate of drug-likeness (QED) is 0.830. The maximum absolute atomic E-state index is 12.1. The third kappa shape index (κ3) is 4.47. The summed E-state index contributed by atoms with van der Waals surface area (Å²) < 4.78 is 0. The summed E-state index contributed by atoms with van der Waals surface area (Å²) in [5, 5.41) is 6.20. The monoisotopic (exact) mass is 276 g/mol. The first kappa shape index (κ1) is 14.8. The van der Waals surface area contributed by atoms with Gasteiger partial charge in [-0.25, -0.2) is 9.97 Å². The highest BCUT2D eigenvalue weighted by Crippen LogP contribution is 2.17. The Morgan fingerprint density at radius 2 is 1.75 bits per heavy atom. The minimum absolute atomic E-state index is 0.0620. The fourth-order valence-electron chi connectivity index (χ4n) is 2.47. The molecule has 2 rings (SSSR count). The lowest BCUT2D eigenvalue weighted by Gasteiger charge is -2.16. The maximum atomic E-state index is 12.1. The Morgan fingerprint density at radius 1 is 1.15 bits per heavy atom. The average molecular weight is 276 g/mol. The molecule has 1 aromatic rings. The molecule has 110 valence electrons. The molecule has 1 fully saturated rings. The summed E-state index contributed by atoms with van der Waals surface area (Å²) in [6.07, 6.45) is 10.3. The molecule has 1 heterocycles. The number of aromatic nitrogens is 2.